The summed E-state index contributed by atoms with van der Waals surface area (Å²) in [6.45, 7) is 2.02. The van der Waals surface area contributed by atoms with Crippen molar-refractivity contribution in [2.75, 3.05) is 0 Å². The van der Waals surface area contributed by atoms with E-state index in [1.54, 1.807) is 6.20 Å². The second-order valence-electron chi connectivity index (χ2n) is 4.30. The monoisotopic (exact) mass is 236 g/mol. The first kappa shape index (κ1) is 10.7. The van der Waals surface area contributed by atoms with Crippen molar-refractivity contribution in [3.05, 3.63) is 53.7 Å². The number of hydrogen-bond acceptors (Lipinski definition) is 2. The maximum atomic E-state index is 11.3. The topological polar surface area (TPSA) is 45.8 Å². The summed E-state index contributed by atoms with van der Waals surface area (Å²) in [7, 11) is 0. The van der Waals surface area contributed by atoms with Gasteiger partial charge in [-0.05, 0) is 31.2 Å². The summed E-state index contributed by atoms with van der Waals surface area (Å²) in [5, 5.41) is 0.950. The Balaban J connectivity index is 2.33. The van der Waals surface area contributed by atoms with Crippen molar-refractivity contribution in [2.45, 2.75) is 6.92 Å². The highest BCUT2D eigenvalue weighted by Gasteiger charge is 2.13. The van der Waals surface area contributed by atoms with E-state index in [4.69, 9.17) is 0 Å². The third kappa shape index (κ3) is 1.61. The first-order chi connectivity index (χ1) is 8.79. The number of aryl methyl sites for hydroxylation is 1. The molecule has 0 atom stereocenters. The Morgan fingerprint density at radius 1 is 1.22 bits per heavy atom. The average molecular weight is 236 g/mol. The zero-order valence-electron chi connectivity index (χ0n) is 9.97. The molecule has 3 rings (SSSR count). The number of carbonyl (C=O) groups excluding carboxylic acids is 1. The first-order valence-electron chi connectivity index (χ1n) is 5.78. The van der Waals surface area contributed by atoms with Crippen molar-refractivity contribution in [3.8, 4) is 11.4 Å². The maximum Gasteiger partial charge on any atom is 0.152 e. The number of nitrogens with zero attached hydrogens (tertiary/aromatic N) is 1. The predicted molar refractivity (Wildman–Crippen MR) is 71.7 cm³/mol. The van der Waals surface area contributed by atoms with Crippen LogP contribution in [0, 0.1) is 6.92 Å². The van der Waals surface area contributed by atoms with E-state index in [1.165, 1.54) is 0 Å². The van der Waals surface area contributed by atoms with Gasteiger partial charge in [0.15, 0.2) is 6.29 Å². The molecule has 1 aromatic carbocycles. The molecule has 0 spiro atoms. The Kier molecular flexibility index (Phi) is 2.45. The van der Waals surface area contributed by atoms with Gasteiger partial charge in [0.25, 0.3) is 0 Å². The van der Waals surface area contributed by atoms with Gasteiger partial charge in [-0.15, -0.1) is 0 Å². The Hall–Kier alpha value is -2.42. The highest BCUT2D eigenvalue weighted by molar-refractivity contribution is 6.04. The Morgan fingerprint density at radius 3 is 2.83 bits per heavy atom. The molecule has 3 aromatic rings. The van der Waals surface area contributed by atoms with Gasteiger partial charge in [0.05, 0.1) is 11.4 Å². The lowest BCUT2D eigenvalue weighted by molar-refractivity contribution is 0.112. The third-order valence-electron chi connectivity index (χ3n) is 3.03. The lowest BCUT2D eigenvalue weighted by Gasteiger charge is -1.97. The molecule has 3 nitrogen and oxygen atoms in total. The third-order valence-corrected chi connectivity index (χ3v) is 3.03. The predicted octanol–water partition coefficient (Wildman–Crippen LogP) is 3.35. The minimum atomic E-state index is 0.674. The largest absolute Gasteiger partial charge is 0.353 e. The summed E-state index contributed by atoms with van der Waals surface area (Å²) >= 11 is 0. The van der Waals surface area contributed by atoms with Gasteiger partial charge in [0.2, 0.25) is 0 Å². The van der Waals surface area contributed by atoms with Gasteiger partial charge in [0.1, 0.15) is 0 Å². The zero-order valence-corrected chi connectivity index (χ0v) is 9.97. The molecule has 0 aliphatic carbocycles. The molecule has 18 heavy (non-hydrogen) atoms. The molecule has 0 fully saturated rings. The van der Waals surface area contributed by atoms with Crippen LogP contribution in [0.5, 0.6) is 0 Å². The standard InChI is InChI=1S/C15H12N2O/c1-10-5-6-13-11(8-10)12(9-18)15(17-13)14-4-2-3-7-16-14/h2-9,17H,1H3. The number of fused-ring (bicyclic) bond motifs is 1. The molecular weight excluding hydrogens is 224 g/mol. The number of hydrogen-bond donors (Lipinski definition) is 1. The number of nitrogens with one attached hydrogen (secondary N) is 1. The Bertz CT molecular complexity index is 714. The van der Waals surface area contributed by atoms with Crippen molar-refractivity contribution in [1.82, 2.24) is 9.97 Å². The minimum absolute atomic E-state index is 0.674. The number of benzene rings is 1. The summed E-state index contributed by atoms with van der Waals surface area (Å²) in [4.78, 5) is 18.9. The fraction of sp³-hybridized carbons (Fsp3) is 0.0667. The molecule has 0 amide bonds. The van der Waals surface area contributed by atoms with Crippen molar-refractivity contribution >= 4 is 17.2 Å². The molecule has 0 saturated carbocycles. The van der Waals surface area contributed by atoms with E-state index < -0.39 is 0 Å². The van der Waals surface area contributed by atoms with Crippen LogP contribution in [0.1, 0.15) is 15.9 Å². The minimum Gasteiger partial charge on any atom is -0.353 e. The summed E-state index contributed by atoms with van der Waals surface area (Å²) in [6.07, 6.45) is 2.61. The van der Waals surface area contributed by atoms with Gasteiger partial charge >= 0.3 is 0 Å². The van der Waals surface area contributed by atoms with Crippen molar-refractivity contribution in [2.24, 2.45) is 0 Å². The smallest absolute Gasteiger partial charge is 0.152 e. The molecule has 0 saturated heterocycles. The van der Waals surface area contributed by atoms with E-state index in [-0.39, 0.29) is 0 Å². The van der Waals surface area contributed by atoms with Crippen molar-refractivity contribution in [1.29, 1.82) is 0 Å². The molecule has 0 radical (unpaired) electrons. The molecule has 0 bridgehead atoms. The fourth-order valence-corrected chi connectivity index (χ4v) is 2.16. The normalized spacial score (nSPS) is 10.7. The van der Waals surface area contributed by atoms with E-state index in [2.05, 4.69) is 9.97 Å². The van der Waals surface area contributed by atoms with Crippen LogP contribution in [0.3, 0.4) is 0 Å². The number of H-pyrrole nitrogens is 1. The van der Waals surface area contributed by atoms with Crippen LogP contribution in [0.2, 0.25) is 0 Å². The van der Waals surface area contributed by atoms with Gasteiger partial charge in [-0.1, -0.05) is 17.7 Å². The second-order valence-corrected chi connectivity index (χ2v) is 4.30. The summed E-state index contributed by atoms with van der Waals surface area (Å²) in [5.74, 6) is 0. The SMILES string of the molecule is Cc1ccc2[nH]c(-c3ccccn3)c(C=O)c2c1. The van der Waals surface area contributed by atoms with Crippen LogP contribution in [0.15, 0.2) is 42.6 Å². The van der Waals surface area contributed by atoms with E-state index in [9.17, 15) is 4.79 Å². The first-order valence-corrected chi connectivity index (χ1v) is 5.78. The molecule has 0 aliphatic rings. The molecular formula is C15H12N2O. The number of rotatable bonds is 2. The van der Waals surface area contributed by atoms with E-state index in [0.717, 1.165) is 34.1 Å². The summed E-state index contributed by atoms with van der Waals surface area (Å²) in [6, 6.07) is 11.7. The Labute approximate surface area is 104 Å². The van der Waals surface area contributed by atoms with Crippen molar-refractivity contribution in [3.63, 3.8) is 0 Å². The zero-order chi connectivity index (χ0) is 12.5. The number of pyridine rings is 1. The van der Waals surface area contributed by atoms with Crippen LogP contribution < -0.4 is 0 Å². The van der Waals surface area contributed by atoms with Crippen LogP contribution in [0.4, 0.5) is 0 Å². The summed E-state index contributed by atoms with van der Waals surface area (Å²) < 4.78 is 0. The molecule has 0 unspecified atom stereocenters. The van der Waals surface area contributed by atoms with Gasteiger partial charge in [-0.3, -0.25) is 9.78 Å². The number of aromatic amines is 1. The average Bonchev–Trinajstić information content (AvgIpc) is 2.77. The van der Waals surface area contributed by atoms with Crippen LogP contribution in [0.25, 0.3) is 22.3 Å². The van der Waals surface area contributed by atoms with E-state index >= 15 is 0 Å². The number of carbonyl (C=O) groups is 1. The number of aldehydes is 1. The maximum absolute atomic E-state index is 11.3. The lowest BCUT2D eigenvalue weighted by atomic mass is 10.1. The van der Waals surface area contributed by atoms with Gasteiger partial charge in [-0.2, -0.15) is 0 Å². The van der Waals surface area contributed by atoms with Crippen LogP contribution in [-0.4, -0.2) is 16.3 Å². The fourth-order valence-electron chi connectivity index (χ4n) is 2.16. The highest BCUT2D eigenvalue weighted by Crippen LogP contribution is 2.28. The number of aromatic nitrogens is 2. The van der Waals surface area contributed by atoms with Crippen LogP contribution in [-0.2, 0) is 0 Å². The quantitative estimate of drug-likeness (QED) is 0.693. The second kappa shape index (κ2) is 4.11. The van der Waals surface area contributed by atoms with Gasteiger partial charge in [-0.25, -0.2) is 0 Å². The van der Waals surface area contributed by atoms with Gasteiger partial charge in [0, 0.05) is 22.7 Å². The molecule has 2 aromatic heterocycles. The Morgan fingerprint density at radius 2 is 2.11 bits per heavy atom. The van der Waals surface area contributed by atoms with Crippen molar-refractivity contribution < 1.29 is 4.79 Å². The molecule has 1 N–H and O–H groups in total. The highest BCUT2D eigenvalue weighted by atomic mass is 16.1. The van der Waals surface area contributed by atoms with E-state index in [0.29, 0.717) is 5.56 Å². The molecule has 88 valence electrons. The molecule has 0 aliphatic heterocycles. The van der Waals surface area contributed by atoms with Crippen LogP contribution >= 0.6 is 0 Å². The van der Waals surface area contributed by atoms with Gasteiger partial charge < -0.3 is 4.98 Å². The molecule has 3 heteroatoms. The lowest BCUT2D eigenvalue weighted by Crippen LogP contribution is -1.87. The molecule has 2 heterocycles. The van der Waals surface area contributed by atoms with E-state index in [1.807, 2.05) is 43.3 Å². The summed E-state index contributed by atoms with van der Waals surface area (Å²) in [5.41, 5.74) is 4.34.